The van der Waals surface area contributed by atoms with E-state index < -0.39 is 0 Å². The van der Waals surface area contributed by atoms with Crippen molar-refractivity contribution in [2.45, 2.75) is 33.2 Å². The molecule has 19 heavy (non-hydrogen) atoms. The Morgan fingerprint density at radius 3 is 2.26 bits per heavy atom. The average Bonchev–Trinajstić information content (AvgIpc) is 2.35. The number of nitrogens with zero attached hydrogens (tertiary/aromatic N) is 1. The molecule has 0 heterocycles. The maximum atomic E-state index is 11.4. The smallest absolute Gasteiger partial charge is 0.223 e. The molecule has 0 radical (unpaired) electrons. The van der Waals surface area contributed by atoms with Crippen molar-refractivity contribution in [2.24, 2.45) is 5.92 Å². The van der Waals surface area contributed by atoms with E-state index in [0.717, 1.165) is 19.5 Å². The van der Waals surface area contributed by atoms with E-state index in [-0.39, 0.29) is 5.91 Å². The monoisotopic (exact) mass is 262 g/mol. The highest BCUT2D eigenvalue weighted by Crippen LogP contribution is 2.09. The van der Waals surface area contributed by atoms with Gasteiger partial charge in [0.15, 0.2) is 0 Å². The predicted octanol–water partition coefficient (Wildman–Crippen LogP) is 2.45. The van der Waals surface area contributed by atoms with Gasteiger partial charge in [-0.25, -0.2) is 0 Å². The fraction of sp³-hybridized carbons (Fsp3) is 0.562. The molecule has 0 fully saturated rings. The molecule has 1 aromatic carbocycles. The van der Waals surface area contributed by atoms with Crippen LogP contribution in [0.25, 0.3) is 0 Å². The zero-order valence-electron chi connectivity index (χ0n) is 12.6. The van der Waals surface area contributed by atoms with Crippen LogP contribution >= 0.6 is 0 Å². The van der Waals surface area contributed by atoms with E-state index >= 15 is 0 Å². The molecular formula is C16H26N2O. The van der Waals surface area contributed by atoms with Crippen LogP contribution in [0.4, 0.5) is 0 Å². The van der Waals surface area contributed by atoms with Gasteiger partial charge in [0, 0.05) is 33.6 Å². The summed E-state index contributed by atoms with van der Waals surface area (Å²) in [5.74, 6) is 0.862. The zero-order valence-corrected chi connectivity index (χ0v) is 12.6. The van der Waals surface area contributed by atoms with Crippen molar-refractivity contribution in [1.82, 2.24) is 10.2 Å². The summed E-state index contributed by atoms with van der Waals surface area (Å²) in [6.45, 7) is 6.02. The molecule has 0 unspecified atom stereocenters. The van der Waals surface area contributed by atoms with Gasteiger partial charge in [-0.05, 0) is 23.5 Å². The standard InChI is InChI=1S/C16H26N2O/c1-13(2)11-14-5-7-15(8-6-14)12-17-10-9-16(19)18(3)4/h5-8,13,17H,9-12H2,1-4H3. The highest BCUT2D eigenvalue weighted by Gasteiger charge is 2.02. The summed E-state index contributed by atoms with van der Waals surface area (Å²) in [4.78, 5) is 13.0. The van der Waals surface area contributed by atoms with Gasteiger partial charge in [-0.2, -0.15) is 0 Å². The lowest BCUT2D eigenvalue weighted by molar-refractivity contribution is -0.128. The third-order valence-electron chi connectivity index (χ3n) is 3.01. The minimum Gasteiger partial charge on any atom is -0.349 e. The van der Waals surface area contributed by atoms with E-state index in [9.17, 15) is 4.79 Å². The fourth-order valence-corrected chi connectivity index (χ4v) is 1.92. The Hall–Kier alpha value is -1.35. The molecular weight excluding hydrogens is 236 g/mol. The van der Waals surface area contributed by atoms with Gasteiger partial charge in [-0.15, -0.1) is 0 Å². The number of rotatable bonds is 7. The largest absolute Gasteiger partial charge is 0.349 e. The van der Waals surface area contributed by atoms with Crippen molar-refractivity contribution in [3.05, 3.63) is 35.4 Å². The molecule has 3 nitrogen and oxygen atoms in total. The molecule has 0 spiro atoms. The third-order valence-corrected chi connectivity index (χ3v) is 3.01. The van der Waals surface area contributed by atoms with Crippen LogP contribution in [0.15, 0.2) is 24.3 Å². The molecule has 3 heteroatoms. The first kappa shape index (κ1) is 15.7. The minimum atomic E-state index is 0.166. The quantitative estimate of drug-likeness (QED) is 0.766. The van der Waals surface area contributed by atoms with Gasteiger partial charge < -0.3 is 10.2 Å². The number of hydrogen-bond acceptors (Lipinski definition) is 2. The molecule has 0 atom stereocenters. The maximum absolute atomic E-state index is 11.4. The zero-order chi connectivity index (χ0) is 14.3. The summed E-state index contributed by atoms with van der Waals surface area (Å²) >= 11 is 0. The summed E-state index contributed by atoms with van der Waals surface area (Å²) < 4.78 is 0. The van der Waals surface area contributed by atoms with Crippen molar-refractivity contribution in [3.63, 3.8) is 0 Å². The lowest BCUT2D eigenvalue weighted by atomic mass is 10.0. The highest BCUT2D eigenvalue weighted by molar-refractivity contribution is 5.75. The van der Waals surface area contributed by atoms with Gasteiger partial charge >= 0.3 is 0 Å². The van der Waals surface area contributed by atoms with Crippen LogP contribution in [0.2, 0.25) is 0 Å². The molecule has 0 saturated heterocycles. The van der Waals surface area contributed by atoms with Gasteiger partial charge in [-0.1, -0.05) is 38.1 Å². The topological polar surface area (TPSA) is 32.3 Å². The maximum Gasteiger partial charge on any atom is 0.223 e. The highest BCUT2D eigenvalue weighted by atomic mass is 16.2. The van der Waals surface area contributed by atoms with E-state index in [2.05, 4.69) is 43.4 Å². The first-order chi connectivity index (χ1) is 8.99. The van der Waals surface area contributed by atoms with Crippen LogP contribution < -0.4 is 5.32 Å². The van der Waals surface area contributed by atoms with Crippen LogP contribution in [0.3, 0.4) is 0 Å². The van der Waals surface area contributed by atoms with E-state index in [1.807, 2.05) is 0 Å². The van der Waals surface area contributed by atoms with Crippen molar-refractivity contribution in [1.29, 1.82) is 0 Å². The predicted molar refractivity (Wildman–Crippen MR) is 80.0 cm³/mol. The Bertz CT molecular complexity index is 382. The van der Waals surface area contributed by atoms with Crippen molar-refractivity contribution < 1.29 is 4.79 Å². The Morgan fingerprint density at radius 1 is 1.16 bits per heavy atom. The van der Waals surface area contributed by atoms with Crippen LogP contribution in [0.5, 0.6) is 0 Å². The fourth-order valence-electron chi connectivity index (χ4n) is 1.92. The second kappa shape index (κ2) is 7.95. The Balaban J connectivity index is 2.28. The molecule has 1 amide bonds. The summed E-state index contributed by atoms with van der Waals surface area (Å²) in [6, 6.07) is 8.72. The molecule has 0 aromatic heterocycles. The van der Waals surface area contributed by atoms with Crippen molar-refractivity contribution >= 4 is 5.91 Å². The second-order valence-corrected chi connectivity index (χ2v) is 5.63. The summed E-state index contributed by atoms with van der Waals surface area (Å²) in [5.41, 5.74) is 2.66. The number of benzene rings is 1. The normalized spacial score (nSPS) is 10.8. The van der Waals surface area contributed by atoms with Gasteiger partial charge in [0.25, 0.3) is 0 Å². The first-order valence-electron chi connectivity index (χ1n) is 6.97. The third kappa shape index (κ3) is 6.39. The van der Waals surface area contributed by atoms with Crippen molar-refractivity contribution in [2.75, 3.05) is 20.6 Å². The van der Waals surface area contributed by atoms with Gasteiger partial charge in [-0.3, -0.25) is 4.79 Å². The van der Waals surface area contributed by atoms with Crippen LogP contribution in [0, 0.1) is 5.92 Å². The summed E-state index contributed by atoms with van der Waals surface area (Å²) in [6.07, 6.45) is 1.68. The Morgan fingerprint density at radius 2 is 1.74 bits per heavy atom. The summed E-state index contributed by atoms with van der Waals surface area (Å²) in [5, 5.41) is 3.30. The molecule has 1 N–H and O–H groups in total. The molecule has 0 aliphatic carbocycles. The van der Waals surface area contributed by atoms with Gasteiger partial charge in [0.1, 0.15) is 0 Å². The van der Waals surface area contributed by atoms with E-state index in [1.54, 1.807) is 19.0 Å². The van der Waals surface area contributed by atoms with Crippen LogP contribution in [0.1, 0.15) is 31.4 Å². The number of carbonyl (C=O) groups is 1. The van der Waals surface area contributed by atoms with Crippen LogP contribution in [-0.2, 0) is 17.8 Å². The Kier molecular flexibility index (Phi) is 6.57. The number of amides is 1. The van der Waals surface area contributed by atoms with E-state index in [0.29, 0.717) is 12.3 Å². The first-order valence-corrected chi connectivity index (χ1v) is 6.97. The summed E-state index contributed by atoms with van der Waals surface area (Å²) in [7, 11) is 3.57. The molecule has 106 valence electrons. The van der Waals surface area contributed by atoms with E-state index in [4.69, 9.17) is 0 Å². The lowest BCUT2D eigenvalue weighted by Crippen LogP contribution is -2.26. The Labute approximate surface area is 117 Å². The van der Waals surface area contributed by atoms with Crippen LogP contribution in [-0.4, -0.2) is 31.4 Å². The molecule has 0 saturated carbocycles. The number of nitrogens with one attached hydrogen (secondary N) is 1. The average molecular weight is 262 g/mol. The lowest BCUT2D eigenvalue weighted by Gasteiger charge is -2.11. The molecule has 0 bridgehead atoms. The molecule has 1 rings (SSSR count). The molecule has 0 aliphatic heterocycles. The number of hydrogen-bond donors (Lipinski definition) is 1. The second-order valence-electron chi connectivity index (χ2n) is 5.63. The van der Waals surface area contributed by atoms with E-state index in [1.165, 1.54) is 11.1 Å². The SMILES string of the molecule is CC(C)Cc1ccc(CNCCC(=O)N(C)C)cc1. The van der Waals surface area contributed by atoms with Crippen molar-refractivity contribution in [3.8, 4) is 0 Å². The number of carbonyl (C=O) groups excluding carboxylic acids is 1. The molecule has 1 aromatic rings. The van der Waals surface area contributed by atoms with Gasteiger partial charge in [0.05, 0.1) is 0 Å². The minimum absolute atomic E-state index is 0.166. The molecule has 0 aliphatic rings. The van der Waals surface area contributed by atoms with Gasteiger partial charge in [0.2, 0.25) is 5.91 Å².